The van der Waals surface area contributed by atoms with Crippen molar-refractivity contribution in [3.05, 3.63) is 46.0 Å². The third-order valence-electron chi connectivity index (χ3n) is 4.41. The molecule has 4 rings (SSSR count). The molecule has 4 atom stereocenters. The zero-order valence-electron chi connectivity index (χ0n) is 11.0. The Kier molecular flexibility index (Phi) is 3.27. The summed E-state index contributed by atoms with van der Waals surface area (Å²) in [4.78, 5) is 23.0. The molecule has 0 amide bonds. The van der Waals surface area contributed by atoms with E-state index in [1.165, 1.54) is 0 Å². The number of carbonyl (C=O) groups is 1. The molecule has 102 valence electrons. The largest absolute Gasteiger partial charge is 0.299 e. The number of fused-ring (bicyclic) bond motifs is 3. The molecule has 1 aromatic carbocycles. The molecule has 0 unspecified atom stereocenters. The second-order valence-electron chi connectivity index (χ2n) is 5.55. The Labute approximate surface area is 117 Å². The quantitative estimate of drug-likeness (QED) is 0.446. The van der Waals surface area contributed by atoms with E-state index in [9.17, 15) is 14.9 Å². The molecule has 0 heterocycles. The number of ketones is 1. The Hall–Kier alpha value is -2.15. The summed E-state index contributed by atoms with van der Waals surface area (Å²) in [7, 11) is 0. The van der Waals surface area contributed by atoms with E-state index in [0.717, 1.165) is 18.4 Å². The lowest BCUT2D eigenvalue weighted by molar-refractivity contribution is -0.545. The predicted octanol–water partition coefficient (Wildman–Crippen LogP) is 2.30. The molecule has 0 radical (unpaired) electrons. The van der Waals surface area contributed by atoms with Gasteiger partial charge in [-0.25, -0.2) is 0 Å². The first-order valence-corrected chi connectivity index (χ1v) is 6.89. The Morgan fingerprint density at radius 1 is 1.20 bits per heavy atom. The number of Topliss-reactive ketones (excluding diaryl/α,β-unsaturated/α-hetero) is 1. The van der Waals surface area contributed by atoms with Crippen molar-refractivity contribution in [1.29, 1.82) is 0 Å². The minimum Gasteiger partial charge on any atom is -0.299 e. The summed E-state index contributed by atoms with van der Waals surface area (Å²) in [5.74, 6) is 5.38. The lowest BCUT2D eigenvalue weighted by atomic mass is 9.61. The summed E-state index contributed by atoms with van der Waals surface area (Å²) >= 11 is 0. The SMILES string of the molecule is O=C1C[C@@H]2CC[C@H]1[C@H](C#Cc1ccccc1)[C@H]2[N+](=O)[O-]. The van der Waals surface area contributed by atoms with E-state index in [1.807, 2.05) is 30.3 Å². The van der Waals surface area contributed by atoms with Crippen molar-refractivity contribution in [3.63, 3.8) is 0 Å². The van der Waals surface area contributed by atoms with E-state index in [1.54, 1.807) is 0 Å². The van der Waals surface area contributed by atoms with Gasteiger partial charge < -0.3 is 0 Å². The highest BCUT2D eigenvalue weighted by atomic mass is 16.6. The Bertz CT molecular complexity index is 599. The van der Waals surface area contributed by atoms with E-state index in [4.69, 9.17) is 0 Å². The fraction of sp³-hybridized carbons (Fsp3) is 0.438. The molecule has 0 aromatic heterocycles. The van der Waals surface area contributed by atoms with E-state index < -0.39 is 12.0 Å². The van der Waals surface area contributed by atoms with Crippen molar-refractivity contribution in [2.24, 2.45) is 17.8 Å². The highest BCUT2D eigenvalue weighted by molar-refractivity contribution is 5.84. The molecule has 3 aliphatic carbocycles. The topological polar surface area (TPSA) is 60.2 Å². The van der Waals surface area contributed by atoms with Crippen LogP contribution in [0, 0.1) is 39.7 Å². The molecule has 1 aromatic rings. The molecule has 3 fully saturated rings. The first kappa shape index (κ1) is 12.9. The van der Waals surface area contributed by atoms with Gasteiger partial charge in [-0.15, -0.1) is 0 Å². The molecule has 0 spiro atoms. The van der Waals surface area contributed by atoms with Gasteiger partial charge in [0.25, 0.3) is 0 Å². The summed E-state index contributed by atoms with van der Waals surface area (Å²) in [6.07, 6.45) is 1.90. The lowest BCUT2D eigenvalue weighted by Gasteiger charge is -2.40. The average Bonchev–Trinajstić information content (AvgIpc) is 2.45. The number of hydrogen-bond donors (Lipinski definition) is 0. The number of carbonyl (C=O) groups excluding carboxylic acids is 1. The van der Waals surface area contributed by atoms with Crippen molar-refractivity contribution < 1.29 is 9.72 Å². The van der Waals surface area contributed by atoms with Crippen LogP contribution >= 0.6 is 0 Å². The molecular weight excluding hydrogens is 254 g/mol. The number of rotatable bonds is 1. The van der Waals surface area contributed by atoms with Crippen LogP contribution in [-0.4, -0.2) is 16.7 Å². The highest BCUT2D eigenvalue weighted by Gasteiger charge is 2.53. The number of benzene rings is 1. The first-order chi connectivity index (χ1) is 9.66. The fourth-order valence-electron chi connectivity index (χ4n) is 3.45. The zero-order valence-corrected chi connectivity index (χ0v) is 11.0. The maximum Gasteiger partial charge on any atom is 0.230 e. The van der Waals surface area contributed by atoms with E-state index in [-0.39, 0.29) is 22.5 Å². The van der Waals surface area contributed by atoms with Crippen molar-refractivity contribution in [2.45, 2.75) is 25.3 Å². The van der Waals surface area contributed by atoms with Crippen LogP contribution in [0.1, 0.15) is 24.8 Å². The maximum atomic E-state index is 12.0. The average molecular weight is 269 g/mol. The van der Waals surface area contributed by atoms with E-state index in [2.05, 4.69) is 11.8 Å². The molecule has 0 N–H and O–H groups in total. The molecule has 20 heavy (non-hydrogen) atoms. The molecule has 4 heteroatoms. The zero-order chi connectivity index (χ0) is 14.1. The van der Waals surface area contributed by atoms with E-state index >= 15 is 0 Å². The molecule has 0 saturated heterocycles. The van der Waals surface area contributed by atoms with Crippen LogP contribution in [-0.2, 0) is 4.79 Å². The minimum absolute atomic E-state index is 0.127. The lowest BCUT2D eigenvalue weighted by Crippen LogP contribution is -2.51. The van der Waals surface area contributed by atoms with Gasteiger partial charge in [0.15, 0.2) is 0 Å². The second-order valence-corrected chi connectivity index (χ2v) is 5.55. The molecule has 2 bridgehead atoms. The van der Waals surface area contributed by atoms with Crippen LogP contribution in [0.2, 0.25) is 0 Å². The van der Waals surface area contributed by atoms with Gasteiger partial charge in [-0.05, 0) is 25.0 Å². The summed E-state index contributed by atoms with van der Waals surface area (Å²) in [5, 5.41) is 11.3. The number of nitro groups is 1. The number of nitrogens with zero attached hydrogens (tertiary/aromatic N) is 1. The minimum atomic E-state index is -0.678. The van der Waals surface area contributed by atoms with Gasteiger partial charge in [0.05, 0.1) is 5.92 Å². The van der Waals surface area contributed by atoms with Crippen molar-refractivity contribution in [3.8, 4) is 11.8 Å². The fourth-order valence-corrected chi connectivity index (χ4v) is 3.45. The standard InChI is InChI=1S/C16H15NO3/c18-15-10-12-7-9-13(15)14(16(12)17(19)20)8-6-11-4-2-1-3-5-11/h1-5,12-14,16H,7,9-10H2/t12-,13-,14-,16-/m0/s1. The third-order valence-corrected chi connectivity index (χ3v) is 4.41. The van der Waals surface area contributed by atoms with Gasteiger partial charge in [-0.1, -0.05) is 30.0 Å². The van der Waals surface area contributed by atoms with Gasteiger partial charge in [0, 0.05) is 28.7 Å². The van der Waals surface area contributed by atoms with Crippen molar-refractivity contribution in [2.75, 3.05) is 0 Å². The normalized spacial score (nSPS) is 31.5. The van der Waals surface area contributed by atoms with Gasteiger partial charge in [0.2, 0.25) is 6.04 Å². The van der Waals surface area contributed by atoms with E-state index in [0.29, 0.717) is 6.42 Å². The maximum absolute atomic E-state index is 12.0. The summed E-state index contributed by atoms with van der Waals surface area (Å²) < 4.78 is 0. The molecule has 3 aliphatic rings. The van der Waals surface area contributed by atoms with Crippen LogP contribution in [0.3, 0.4) is 0 Å². The first-order valence-electron chi connectivity index (χ1n) is 6.89. The van der Waals surface area contributed by atoms with Crippen LogP contribution in [0.4, 0.5) is 0 Å². The molecular formula is C16H15NO3. The molecule has 4 nitrogen and oxygen atoms in total. The van der Waals surface area contributed by atoms with Gasteiger partial charge in [-0.2, -0.15) is 0 Å². The van der Waals surface area contributed by atoms with Gasteiger partial charge >= 0.3 is 0 Å². The molecule has 3 saturated carbocycles. The van der Waals surface area contributed by atoms with Crippen LogP contribution in [0.5, 0.6) is 0 Å². The summed E-state index contributed by atoms with van der Waals surface area (Å²) in [6.45, 7) is 0. The van der Waals surface area contributed by atoms with Gasteiger partial charge in [0.1, 0.15) is 5.78 Å². The monoisotopic (exact) mass is 269 g/mol. The van der Waals surface area contributed by atoms with Crippen LogP contribution in [0.25, 0.3) is 0 Å². The smallest absolute Gasteiger partial charge is 0.230 e. The van der Waals surface area contributed by atoms with Crippen molar-refractivity contribution >= 4 is 5.78 Å². The van der Waals surface area contributed by atoms with Gasteiger partial charge in [-0.3, -0.25) is 14.9 Å². The Balaban J connectivity index is 1.91. The summed E-state index contributed by atoms with van der Waals surface area (Å²) in [5.41, 5.74) is 0.837. The van der Waals surface area contributed by atoms with Crippen molar-refractivity contribution in [1.82, 2.24) is 0 Å². The predicted molar refractivity (Wildman–Crippen MR) is 73.4 cm³/mol. The van der Waals surface area contributed by atoms with Crippen LogP contribution in [0.15, 0.2) is 30.3 Å². The van der Waals surface area contributed by atoms with Crippen LogP contribution < -0.4 is 0 Å². The third kappa shape index (κ3) is 2.20. The Morgan fingerprint density at radius 3 is 2.60 bits per heavy atom. The number of hydrogen-bond acceptors (Lipinski definition) is 3. The second kappa shape index (κ2) is 5.09. The Morgan fingerprint density at radius 2 is 1.95 bits per heavy atom. The molecule has 0 aliphatic heterocycles. The highest BCUT2D eigenvalue weighted by Crippen LogP contribution is 2.44. The summed E-state index contributed by atoms with van der Waals surface area (Å²) in [6, 6.07) is 8.73.